The zero-order chi connectivity index (χ0) is 20.1. The number of nitrogens with zero attached hydrogens (tertiary/aromatic N) is 2. The van der Waals surface area contributed by atoms with Gasteiger partial charge in [0, 0.05) is 12.5 Å². The maximum absolute atomic E-state index is 13.8. The number of oxazole rings is 1. The second-order valence-corrected chi connectivity index (χ2v) is 5.76. The molecule has 0 saturated heterocycles. The van der Waals surface area contributed by atoms with Crippen molar-refractivity contribution in [1.29, 1.82) is 0 Å². The number of halogens is 2. The highest BCUT2D eigenvalue weighted by atomic mass is 19.1. The summed E-state index contributed by atoms with van der Waals surface area (Å²) in [7, 11) is 0. The number of nitro groups is 1. The first-order chi connectivity index (χ1) is 13.5. The topological polar surface area (TPSA) is 95.5 Å². The van der Waals surface area contributed by atoms with Gasteiger partial charge in [0.2, 0.25) is 0 Å². The molecule has 0 unspecified atom stereocenters. The van der Waals surface area contributed by atoms with E-state index in [9.17, 15) is 23.7 Å². The van der Waals surface area contributed by atoms with Crippen molar-refractivity contribution in [3.63, 3.8) is 0 Å². The fraction of sp³-hybridized carbons (Fsp3) is 0.158. The van der Waals surface area contributed by atoms with E-state index in [0.29, 0.717) is 0 Å². The Morgan fingerprint density at radius 3 is 2.57 bits per heavy atom. The summed E-state index contributed by atoms with van der Waals surface area (Å²) in [4.78, 5) is 26.2. The first kappa shape index (κ1) is 19.2. The largest absolute Gasteiger partial charge is 0.461 e. The maximum Gasteiger partial charge on any atom is 0.306 e. The highest BCUT2D eigenvalue weighted by molar-refractivity contribution is 5.69. The minimum atomic E-state index is -0.786. The number of hydrogen-bond acceptors (Lipinski definition) is 6. The van der Waals surface area contributed by atoms with Gasteiger partial charge in [-0.3, -0.25) is 14.9 Å². The Bertz CT molecular complexity index is 999. The number of ether oxygens (including phenoxy) is 1. The Morgan fingerprint density at radius 1 is 1.14 bits per heavy atom. The molecule has 9 heteroatoms. The predicted octanol–water partition coefficient (Wildman–Crippen LogP) is 4.20. The summed E-state index contributed by atoms with van der Waals surface area (Å²) in [5.74, 6) is -2.16. The highest BCUT2D eigenvalue weighted by Gasteiger charge is 2.17. The van der Waals surface area contributed by atoms with Gasteiger partial charge in [0.05, 0.1) is 28.7 Å². The number of aryl methyl sites for hydroxylation is 1. The standard InChI is InChI=1S/C19H14F2N2O5/c20-13-5-3-6-14(21)19(13)16-10-22-17(28-16)8-9-18(24)27-11-12-4-1-2-7-15(12)23(25)26/h1-7,10H,8-9,11H2. The second kappa shape index (κ2) is 8.38. The number of carbonyl (C=O) groups excluding carboxylic acids is 1. The van der Waals surface area contributed by atoms with Gasteiger partial charge in [0.15, 0.2) is 11.7 Å². The van der Waals surface area contributed by atoms with E-state index in [1.165, 1.54) is 30.5 Å². The number of benzene rings is 2. The fourth-order valence-corrected chi connectivity index (χ4v) is 2.53. The minimum Gasteiger partial charge on any atom is -0.461 e. The molecular weight excluding hydrogens is 374 g/mol. The number of rotatable bonds is 7. The van der Waals surface area contributed by atoms with E-state index >= 15 is 0 Å². The molecule has 28 heavy (non-hydrogen) atoms. The molecule has 3 rings (SSSR count). The van der Waals surface area contributed by atoms with E-state index in [2.05, 4.69) is 4.98 Å². The van der Waals surface area contributed by atoms with Gasteiger partial charge in [-0.05, 0) is 18.2 Å². The minimum absolute atomic E-state index is 0.0474. The average Bonchev–Trinajstić information content (AvgIpc) is 3.13. The molecule has 0 bridgehead atoms. The van der Waals surface area contributed by atoms with Crippen LogP contribution in [0.1, 0.15) is 17.9 Å². The predicted molar refractivity (Wildman–Crippen MR) is 93.1 cm³/mol. The maximum atomic E-state index is 13.8. The molecule has 0 atom stereocenters. The lowest BCUT2D eigenvalue weighted by Gasteiger charge is -2.05. The molecule has 0 N–H and O–H groups in total. The van der Waals surface area contributed by atoms with Crippen LogP contribution in [0.15, 0.2) is 53.1 Å². The van der Waals surface area contributed by atoms with Gasteiger partial charge >= 0.3 is 5.97 Å². The van der Waals surface area contributed by atoms with E-state index < -0.39 is 22.5 Å². The molecule has 0 aliphatic carbocycles. The zero-order valence-electron chi connectivity index (χ0n) is 14.4. The lowest BCUT2D eigenvalue weighted by Crippen LogP contribution is -2.07. The molecule has 0 aliphatic rings. The Morgan fingerprint density at radius 2 is 1.86 bits per heavy atom. The Kier molecular flexibility index (Phi) is 5.73. The molecule has 0 amide bonds. The Labute approximate surface area is 157 Å². The van der Waals surface area contributed by atoms with E-state index in [1.54, 1.807) is 6.07 Å². The van der Waals surface area contributed by atoms with Crippen molar-refractivity contribution in [1.82, 2.24) is 4.98 Å². The van der Waals surface area contributed by atoms with E-state index in [0.717, 1.165) is 12.1 Å². The van der Waals surface area contributed by atoms with Crippen LogP contribution in [-0.4, -0.2) is 15.9 Å². The quantitative estimate of drug-likeness (QED) is 0.342. The van der Waals surface area contributed by atoms with Crippen LogP contribution in [0, 0.1) is 21.7 Å². The van der Waals surface area contributed by atoms with Crippen LogP contribution in [0.5, 0.6) is 0 Å². The van der Waals surface area contributed by atoms with Crippen LogP contribution in [-0.2, 0) is 22.6 Å². The molecule has 2 aromatic carbocycles. The number of hydrogen-bond donors (Lipinski definition) is 0. The monoisotopic (exact) mass is 388 g/mol. The molecule has 0 spiro atoms. The average molecular weight is 388 g/mol. The number of esters is 1. The first-order valence-corrected chi connectivity index (χ1v) is 8.22. The summed E-state index contributed by atoms with van der Waals surface area (Å²) in [6.07, 6.45) is 1.11. The Balaban J connectivity index is 1.58. The summed E-state index contributed by atoms with van der Waals surface area (Å²) in [6.45, 7) is -0.243. The van der Waals surface area contributed by atoms with Crippen molar-refractivity contribution >= 4 is 11.7 Å². The number of para-hydroxylation sites is 1. The third kappa shape index (κ3) is 4.37. The van der Waals surface area contributed by atoms with Gasteiger partial charge in [-0.15, -0.1) is 0 Å². The van der Waals surface area contributed by atoms with E-state index in [1.807, 2.05) is 0 Å². The van der Waals surface area contributed by atoms with Crippen LogP contribution >= 0.6 is 0 Å². The SMILES string of the molecule is O=C(CCc1ncc(-c2c(F)cccc2F)o1)OCc1ccccc1[N+](=O)[O-]. The smallest absolute Gasteiger partial charge is 0.306 e. The number of aromatic nitrogens is 1. The van der Waals surface area contributed by atoms with Crippen molar-refractivity contribution in [2.45, 2.75) is 19.4 Å². The van der Waals surface area contributed by atoms with Crippen molar-refractivity contribution in [3.05, 3.63) is 81.9 Å². The summed E-state index contributed by atoms with van der Waals surface area (Å²) in [5.41, 5.74) is -0.200. The summed E-state index contributed by atoms with van der Waals surface area (Å²) in [6, 6.07) is 9.36. The third-order valence-electron chi connectivity index (χ3n) is 3.88. The molecule has 7 nitrogen and oxygen atoms in total. The number of nitro benzene ring substituents is 1. The van der Waals surface area contributed by atoms with Gasteiger partial charge in [0.25, 0.3) is 5.69 Å². The summed E-state index contributed by atoms with van der Waals surface area (Å²) in [5, 5.41) is 10.9. The molecule has 1 heterocycles. The van der Waals surface area contributed by atoms with Gasteiger partial charge in [-0.1, -0.05) is 18.2 Å². The molecule has 0 radical (unpaired) electrons. The number of carbonyl (C=O) groups is 1. The van der Waals surface area contributed by atoms with Crippen LogP contribution in [0.4, 0.5) is 14.5 Å². The molecule has 1 aromatic heterocycles. The van der Waals surface area contributed by atoms with Crippen LogP contribution in [0.2, 0.25) is 0 Å². The lowest BCUT2D eigenvalue weighted by molar-refractivity contribution is -0.385. The van der Waals surface area contributed by atoms with Crippen LogP contribution in [0.3, 0.4) is 0 Å². The zero-order valence-corrected chi connectivity index (χ0v) is 14.4. The van der Waals surface area contributed by atoms with Crippen molar-refractivity contribution in [2.24, 2.45) is 0 Å². The molecule has 3 aromatic rings. The molecule has 0 saturated carbocycles. The summed E-state index contributed by atoms with van der Waals surface area (Å²) >= 11 is 0. The molecular formula is C19H14F2N2O5. The molecule has 144 valence electrons. The van der Waals surface area contributed by atoms with Crippen LogP contribution in [0.25, 0.3) is 11.3 Å². The second-order valence-electron chi connectivity index (χ2n) is 5.76. The third-order valence-corrected chi connectivity index (χ3v) is 3.88. The fourth-order valence-electron chi connectivity index (χ4n) is 2.53. The van der Waals surface area contributed by atoms with Crippen molar-refractivity contribution in [3.8, 4) is 11.3 Å². The van der Waals surface area contributed by atoms with Crippen molar-refractivity contribution < 1.29 is 27.7 Å². The lowest BCUT2D eigenvalue weighted by atomic mass is 10.1. The van der Waals surface area contributed by atoms with Gasteiger partial charge < -0.3 is 9.15 Å². The normalized spacial score (nSPS) is 10.6. The van der Waals surface area contributed by atoms with Gasteiger partial charge in [-0.25, -0.2) is 13.8 Å². The first-order valence-electron chi connectivity index (χ1n) is 8.22. The van der Waals surface area contributed by atoms with E-state index in [-0.39, 0.29) is 47.9 Å². The van der Waals surface area contributed by atoms with Crippen LogP contribution < -0.4 is 0 Å². The highest BCUT2D eigenvalue weighted by Crippen LogP contribution is 2.27. The Hall–Kier alpha value is -3.62. The van der Waals surface area contributed by atoms with Gasteiger partial charge in [0.1, 0.15) is 18.2 Å². The van der Waals surface area contributed by atoms with E-state index in [4.69, 9.17) is 9.15 Å². The molecule has 0 fully saturated rings. The van der Waals surface area contributed by atoms with Crippen molar-refractivity contribution in [2.75, 3.05) is 0 Å². The van der Waals surface area contributed by atoms with Gasteiger partial charge in [-0.2, -0.15) is 0 Å². The summed E-state index contributed by atoms with van der Waals surface area (Å²) < 4.78 is 37.9. The molecule has 0 aliphatic heterocycles.